The molecule has 1 aromatic rings. The Labute approximate surface area is 135 Å². The average molecular weight is 347 g/mol. The zero-order valence-corrected chi connectivity index (χ0v) is 16.2. The zero-order valence-electron chi connectivity index (χ0n) is 14.2. The van der Waals surface area contributed by atoms with Crippen LogP contribution in [0, 0.1) is 0 Å². The lowest BCUT2D eigenvalue weighted by molar-refractivity contribution is 0.122. The van der Waals surface area contributed by atoms with Crippen molar-refractivity contribution in [3.8, 4) is 0 Å². The van der Waals surface area contributed by atoms with Gasteiger partial charge in [-0.1, -0.05) is 24.3 Å². The Balaban J connectivity index is 2.95. The second kappa shape index (κ2) is 8.89. The summed E-state index contributed by atoms with van der Waals surface area (Å²) in [5.74, 6) is 0. The van der Waals surface area contributed by atoms with Crippen molar-refractivity contribution in [1.29, 1.82) is 0 Å². The van der Waals surface area contributed by atoms with Crippen molar-refractivity contribution < 1.29 is 26.6 Å². The Morgan fingerprint density at radius 3 is 1.23 bits per heavy atom. The van der Waals surface area contributed by atoms with E-state index in [-0.39, 0.29) is 0 Å². The topological polar surface area (TPSA) is 55.4 Å². The smallest absolute Gasteiger partial charge is 0.377 e. The van der Waals surface area contributed by atoms with Gasteiger partial charge in [0.25, 0.3) is 0 Å². The first-order chi connectivity index (χ1) is 10.5. The summed E-state index contributed by atoms with van der Waals surface area (Å²) in [4.78, 5) is 0. The van der Waals surface area contributed by atoms with Crippen LogP contribution in [0.1, 0.15) is 11.1 Å². The van der Waals surface area contributed by atoms with Gasteiger partial charge in [0.15, 0.2) is 0 Å². The maximum Gasteiger partial charge on any atom is 0.504 e. The van der Waals surface area contributed by atoms with Crippen LogP contribution in [-0.4, -0.2) is 60.3 Å². The Morgan fingerprint density at radius 1 is 0.636 bits per heavy atom. The Morgan fingerprint density at radius 2 is 0.955 bits per heavy atom. The normalized spacial score (nSPS) is 12.6. The van der Waals surface area contributed by atoms with Crippen molar-refractivity contribution in [2.75, 3.05) is 42.7 Å². The second-order valence-corrected chi connectivity index (χ2v) is 10.7. The van der Waals surface area contributed by atoms with Crippen molar-refractivity contribution in [3.05, 3.63) is 35.4 Å². The molecule has 0 amide bonds. The molecule has 0 atom stereocenters. The standard InChI is InChI=1S/C14H26O6Si2/c1-15-21(16-2,17-3)11-13-8-7-9-14(10-13)12-22(18-4,19-5)20-6/h7-10H,11-12H2,1-6H3. The summed E-state index contributed by atoms with van der Waals surface area (Å²) in [5, 5.41) is 0. The van der Waals surface area contributed by atoms with E-state index < -0.39 is 17.6 Å². The van der Waals surface area contributed by atoms with Crippen LogP contribution < -0.4 is 0 Å². The molecule has 0 aliphatic rings. The minimum absolute atomic E-state index is 0.603. The molecule has 0 heterocycles. The van der Waals surface area contributed by atoms with Gasteiger partial charge in [-0.15, -0.1) is 0 Å². The largest absolute Gasteiger partial charge is 0.504 e. The maximum atomic E-state index is 5.47. The summed E-state index contributed by atoms with van der Waals surface area (Å²) in [7, 11) is 4.38. The molecule has 0 bridgehead atoms. The lowest BCUT2D eigenvalue weighted by Crippen LogP contribution is -2.46. The molecule has 0 spiro atoms. The van der Waals surface area contributed by atoms with Crippen LogP contribution in [0.15, 0.2) is 24.3 Å². The van der Waals surface area contributed by atoms with Crippen LogP contribution in [0.5, 0.6) is 0 Å². The fraction of sp³-hybridized carbons (Fsp3) is 0.571. The number of hydrogen-bond donors (Lipinski definition) is 0. The van der Waals surface area contributed by atoms with E-state index >= 15 is 0 Å². The molecule has 0 N–H and O–H groups in total. The van der Waals surface area contributed by atoms with Gasteiger partial charge < -0.3 is 26.6 Å². The minimum Gasteiger partial charge on any atom is -0.377 e. The van der Waals surface area contributed by atoms with Gasteiger partial charge in [0.2, 0.25) is 0 Å². The molecule has 0 saturated carbocycles. The fourth-order valence-corrected chi connectivity index (χ4v) is 5.59. The summed E-state index contributed by atoms with van der Waals surface area (Å²) >= 11 is 0. The van der Waals surface area contributed by atoms with Crippen LogP contribution in [0.25, 0.3) is 0 Å². The molecule has 0 unspecified atom stereocenters. The van der Waals surface area contributed by atoms with Crippen molar-refractivity contribution >= 4 is 17.6 Å². The molecule has 6 nitrogen and oxygen atoms in total. The molecule has 0 fully saturated rings. The first-order valence-electron chi connectivity index (χ1n) is 6.91. The summed E-state index contributed by atoms with van der Waals surface area (Å²) in [6, 6.07) is 9.33. The van der Waals surface area contributed by atoms with Crippen LogP contribution in [-0.2, 0) is 38.6 Å². The van der Waals surface area contributed by atoms with Gasteiger partial charge in [0.05, 0.1) is 0 Å². The van der Waals surface area contributed by atoms with Crippen molar-refractivity contribution in [1.82, 2.24) is 0 Å². The third-order valence-electron chi connectivity index (χ3n) is 3.70. The number of hydrogen-bond acceptors (Lipinski definition) is 6. The molecule has 0 aromatic heterocycles. The van der Waals surface area contributed by atoms with E-state index in [1.165, 1.54) is 0 Å². The fourth-order valence-electron chi connectivity index (χ4n) is 2.28. The monoisotopic (exact) mass is 346 g/mol. The van der Waals surface area contributed by atoms with E-state index in [2.05, 4.69) is 6.07 Å². The van der Waals surface area contributed by atoms with Crippen LogP contribution in [0.2, 0.25) is 0 Å². The maximum absolute atomic E-state index is 5.47. The quantitative estimate of drug-likeness (QED) is 0.600. The third-order valence-corrected chi connectivity index (χ3v) is 9.11. The van der Waals surface area contributed by atoms with Gasteiger partial charge in [-0.05, 0) is 11.1 Å². The molecule has 0 aliphatic heterocycles. The van der Waals surface area contributed by atoms with E-state index in [0.29, 0.717) is 12.1 Å². The third kappa shape index (κ3) is 4.70. The Bertz CT molecular complexity index is 395. The van der Waals surface area contributed by atoms with Crippen LogP contribution in [0.3, 0.4) is 0 Å². The highest BCUT2D eigenvalue weighted by molar-refractivity contribution is 6.60. The molecule has 126 valence electrons. The Kier molecular flexibility index (Phi) is 7.87. The highest BCUT2D eigenvalue weighted by Crippen LogP contribution is 2.19. The molecule has 0 aliphatic carbocycles. The highest BCUT2D eigenvalue weighted by Gasteiger charge is 2.40. The number of rotatable bonds is 10. The summed E-state index contributed by atoms with van der Waals surface area (Å²) in [5.41, 5.74) is 2.17. The zero-order chi connectivity index (χ0) is 16.6. The van der Waals surface area contributed by atoms with Crippen molar-refractivity contribution in [3.63, 3.8) is 0 Å². The van der Waals surface area contributed by atoms with E-state index in [9.17, 15) is 0 Å². The average Bonchev–Trinajstić information content (AvgIpc) is 2.58. The molecule has 22 heavy (non-hydrogen) atoms. The predicted molar refractivity (Wildman–Crippen MR) is 87.4 cm³/mol. The highest BCUT2D eigenvalue weighted by atomic mass is 28.4. The van der Waals surface area contributed by atoms with Crippen molar-refractivity contribution in [2.45, 2.75) is 12.1 Å². The lowest BCUT2D eigenvalue weighted by atomic mass is 10.2. The molecular formula is C14H26O6Si2. The predicted octanol–water partition coefficient (Wildman–Crippen LogP) is 1.61. The van der Waals surface area contributed by atoms with Crippen molar-refractivity contribution in [2.24, 2.45) is 0 Å². The molecule has 0 radical (unpaired) electrons. The second-order valence-electron chi connectivity index (χ2n) is 4.76. The van der Waals surface area contributed by atoms with E-state index in [0.717, 1.165) is 11.1 Å². The van der Waals surface area contributed by atoms with Gasteiger partial charge >= 0.3 is 17.6 Å². The van der Waals surface area contributed by atoms with Gasteiger partial charge in [-0.2, -0.15) is 0 Å². The first kappa shape index (κ1) is 19.5. The summed E-state index contributed by atoms with van der Waals surface area (Å²) in [6.07, 6.45) is 0. The molecule has 0 saturated heterocycles. The SMILES string of the molecule is CO[Si](Cc1cccc(C[Si](OC)(OC)OC)c1)(OC)OC. The molecule has 1 rings (SSSR count). The molecular weight excluding hydrogens is 320 g/mol. The lowest BCUT2D eigenvalue weighted by Gasteiger charge is -2.26. The van der Waals surface area contributed by atoms with E-state index in [1.54, 1.807) is 42.7 Å². The first-order valence-corrected chi connectivity index (χ1v) is 10.8. The van der Waals surface area contributed by atoms with E-state index in [1.807, 2.05) is 18.2 Å². The summed E-state index contributed by atoms with van der Waals surface area (Å²) < 4.78 is 32.8. The van der Waals surface area contributed by atoms with Crippen LogP contribution >= 0.6 is 0 Å². The van der Waals surface area contributed by atoms with Gasteiger partial charge in [-0.3, -0.25) is 0 Å². The Hall–Kier alpha value is -0.586. The van der Waals surface area contributed by atoms with Gasteiger partial charge in [0, 0.05) is 54.7 Å². The number of benzene rings is 1. The molecule has 8 heteroatoms. The van der Waals surface area contributed by atoms with Gasteiger partial charge in [-0.25, -0.2) is 0 Å². The molecule has 1 aromatic carbocycles. The minimum atomic E-state index is -2.65. The van der Waals surface area contributed by atoms with Gasteiger partial charge in [0.1, 0.15) is 0 Å². The van der Waals surface area contributed by atoms with E-state index in [4.69, 9.17) is 26.6 Å². The van der Waals surface area contributed by atoms with Crippen LogP contribution in [0.4, 0.5) is 0 Å². The summed E-state index contributed by atoms with van der Waals surface area (Å²) in [6.45, 7) is 0.